The van der Waals surface area contributed by atoms with Crippen LogP contribution in [0.15, 0.2) is 34.9 Å². The Bertz CT molecular complexity index is 748. The number of nitrogens with one attached hydrogen (secondary N) is 1. The average Bonchev–Trinajstić information content (AvgIpc) is 3.12. The van der Waals surface area contributed by atoms with Crippen LogP contribution in [-0.2, 0) is 0 Å². The van der Waals surface area contributed by atoms with Gasteiger partial charge in [-0.1, -0.05) is 6.92 Å². The van der Waals surface area contributed by atoms with Crippen molar-refractivity contribution >= 4 is 5.65 Å². The molecule has 3 aromatic rings. The van der Waals surface area contributed by atoms with Crippen LogP contribution in [-0.4, -0.2) is 34.3 Å². The van der Waals surface area contributed by atoms with Gasteiger partial charge in [0.25, 0.3) is 0 Å². The van der Waals surface area contributed by atoms with Crippen molar-refractivity contribution < 1.29 is 9.15 Å². The van der Waals surface area contributed by atoms with E-state index in [1.807, 2.05) is 31.2 Å². The Morgan fingerprint density at radius 3 is 2.95 bits per heavy atom. The Labute approximate surface area is 129 Å². The second-order valence-electron chi connectivity index (χ2n) is 5.05. The molecule has 0 saturated heterocycles. The van der Waals surface area contributed by atoms with Gasteiger partial charge in [0.1, 0.15) is 11.5 Å². The molecule has 0 spiro atoms. The summed E-state index contributed by atoms with van der Waals surface area (Å²) in [6.07, 6.45) is 2.71. The molecule has 0 saturated carbocycles. The molecule has 0 aromatic carbocycles. The lowest BCUT2D eigenvalue weighted by Gasteiger charge is -2.06. The Morgan fingerprint density at radius 1 is 1.27 bits per heavy atom. The highest BCUT2D eigenvalue weighted by molar-refractivity contribution is 5.58. The van der Waals surface area contributed by atoms with Crippen LogP contribution < -0.4 is 10.1 Å². The predicted molar refractivity (Wildman–Crippen MR) is 84.1 cm³/mol. The molecule has 22 heavy (non-hydrogen) atoms. The Morgan fingerprint density at radius 2 is 2.18 bits per heavy atom. The number of furan rings is 1. The fourth-order valence-corrected chi connectivity index (χ4v) is 2.22. The molecule has 0 amide bonds. The molecule has 6 nitrogen and oxygen atoms in total. The summed E-state index contributed by atoms with van der Waals surface area (Å²) in [5.74, 6) is 2.20. The second-order valence-corrected chi connectivity index (χ2v) is 5.05. The van der Waals surface area contributed by atoms with Crippen LogP contribution >= 0.6 is 0 Å². The number of ether oxygens (including phenoxy) is 1. The molecule has 0 atom stereocenters. The molecule has 3 aromatic heterocycles. The van der Waals surface area contributed by atoms with Gasteiger partial charge in [-0.05, 0) is 44.6 Å². The van der Waals surface area contributed by atoms with Crippen molar-refractivity contribution in [2.45, 2.75) is 20.3 Å². The van der Waals surface area contributed by atoms with E-state index in [0.29, 0.717) is 12.5 Å². The van der Waals surface area contributed by atoms with E-state index in [1.165, 1.54) is 0 Å². The zero-order chi connectivity index (χ0) is 15.4. The summed E-state index contributed by atoms with van der Waals surface area (Å²) in [6, 6.07) is 7.58. The summed E-state index contributed by atoms with van der Waals surface area (Å²) >= 11 is 0. The highest BCUT2D eigenvalue weighted by Gasteiger charge is 2.11. The van der Waals surface area contributed by atoms with Crippen molar-refractivity contribution in [2.24, 2.45) is 0 Å². The van der Waals surface area contributed by atoms with Crippen LogP contribution in [0.5, 0.6) is 5.88 Å². The van der Waals surface area contributed by atoms with Gasteiger partial charge in [0.2, 0.25) is 5.88 Å². The van der Waals surface area contributed by atoms with Crippen LogP contribution in [0.1, 0.15) is 19.1 Å². The first kappa shape index (κ1) is 14.6. The Hall–Kier alpha value is -2.34. The molecule has 1 N–H and O–H groups in total. The number of nitrogens with zero attached hydrogens (tertiary/aromatic N) is 3. The second kappa shape index (κ2) is 6.62. The fourth-order valence-electron chi connectivity index (χ4n) is 2.22. The minimum absolute atomic E-state index is 0.589. The standard InChI is InChI=1S/C16H20N4O2/c1-3-17-9-4-10-21-16-8-7-15-18-11-13(20(15)19-16)14-6-5-12(2)22-14/h5-8,11,17H,3-4,9-10H2,1-2H3. The number of imidazole rings is 1. The maximum atomic E-state index is 5.70. The van der Waals surface area contributed by atoms with Gasteiger partial charge in [0, 0.05) is 6.07 Å². The third kappa shape index (κ3) is 3.12. The minimum Gasteiger partial charge on any atom is -0.477 e. The molecular formula is C16H20N4O2. The van der Waals surface area contributed by atoms with Gasteiger partial charge in [-0.25, -0.2) is 9.50 Å². The highest BCUT2D eigenvalue weighted by Crippen LogP contribution is 2.23. The van der Waals surface area contributed by atoms with Crippen LogP contribution in [0.3, 0.4) is 0 Å². The molecular weight excluding hydrogens is 280 g/mol. The van der Waals surface area contributed by atoms with Gasteiger partial charge in [-0.15, -0.1) is 5.10 Å². The third-order valence-electron chi connectivity index (χ3n) is 3.33. The minimum atomic E-state index is 0.589. The van der Waals surface area contributed by atoms with E-state index >= 15 is 0 Å². The van der Waals surface area contributed by atoms with Crippen LogP contribution in [0.4, 0.5) is 0 Å². The summed E-state index contributed by atoms with van der Waals surface area (Å²) < 4.78 is 13.1. The quantitative estimate of drug-likeness (QED) is 0.680. The summed E-state index contributed by atoms with van der Waals surface area (Å²) in [5.41, 5.74) is 1.59. The van der Waals surface area contributed by atoms with E-state index in [2.05, 4.69) is 22.3 Å². The lowest BCUT2D eigenvalue weighted by molar-refractivity contribution is 0.293. The van der Waals surface area contributed by atoms with Crippen LogP contribution in [0.25, 0.3) is 17.1 Å². The van der Waals surface area contributed by atoms with Gasteiger partial charge in [0.15, 0.2) is 11.4 Å². The van der Waals surface area contributed by atoms with Crippen molar-refractivity contribution in [3.8, 4) is 17.3 Å². The smallest absolute Gasteiger partial charge is 0.231 e. The SMILES string of the molecule is CCNCCCOc1ccc2ncc(-c3ccc(C)o3)n2n1. The molecule has 116 valence electrons. The van der Waals surface area contributed by atoms with E-state index in [1.54, 1.807) is 10.7 Å². The van der Waals surface area contributed by atoms with Gasteiger partial charge in [0.05, 0.1) is 12.8 Å². The van der Waals surface area contributed by atoms with E-state index in [9.17, 15) is 0 Å². The first-order valence-corrected chi connectivity index (χ1v) is 7.53. The summed E-state index contributed by atoms with van der Waals surface area (Å²) in [5, 5.41) is 7.76. The molecule has 0 bridgehead atoms. The number of aryl methyl sites for hydroxylation is 1. The van der Waals surface area contributed by atoms with Crippen molar-refractivity contribution in [1.29, 1.82) is 0 Å². The zero-order valence-electron chi connectivity index (χ0n) is 12.9. The van der Waals surface area contributed by atoms with Gasteiger partial charge < -0.3 is 14.5 Å². The molecule has 0 aliphatic heterocycles. The fraction of sp³-hybridized carbons (Fsp3) is 0.375. The number of hydrogen-bond donors (Lipinski definition) is 1. The van der Waals surface area contributed by atoms with Crippen molar-refractivity contribution in [1.82, 2.24) is 19.9 Å². The molecule has 0 aliphatic carbocycles. The number of hydrogen-bond acceptors (Lipinski definition) is 5. The summed E-state index contributed by atoms with van der Waals surface area (Å²) in [6.45, 7) is 6.56. The van der Waals surface area contributed by atoms with Gasteiger partial charge >= 0.3 is 0 Å². The lowest BCUT2D eigenvalue weighted by atomic mass is 10.3. The highest BCUT2D eigenvalue weighted by atomic mass is 16.5. The number of fused-ring (bicyclic) bond motifs is 1. The summed E-state index contributed by atoms with van der Waals surface area (Å²) in [7, 11) is 0. The molecule has 0 aliphatic rings. The van der Waals surface area contributed by atoms with Crippen molar-refractivity contribution in [2.75, 3.05) is 19.7 Å². The average molecular weight is 300 g/mol. The molecule has 6 heteroatoms. The Kier molecular flexibility index (Phi) is 4.39. The third-order valence-corrected chi connectivity index (χ3v) is 3.33. The van der Waals surface area contributed by atoms with E-state index in [-0.39, 0.29) is 0 Å². The zero-order valence-corrected chi connectivity index (χ0v) is 12.9. The van der Waals surface area contributed by atoms with Gasteiger partial charge in [-0.2, -0.15) is 0 Å². The molecule has 0 radical (unpaired) electrons. The largest absolute Gasteiger partial charge is 0.477 e. The number of aromatic nitrogens is 3. The Balaban J connectivity index is 1.77. The summed E-state index contributed by atoms with van der Waals surface area (Å²) in [4.78, 5) is 4.34. The lowest BCUT2D eigenvalue weighted by Crippen LogP contribution is -2.16. The van der Waals surface area contributed by atoms with E-state index < -0.39 is 0 Å². The van der Waals surface area contributed by atoms with Crippen LogP contribution in [0.2, 0.25) is 0 Å². The van der Waals surface area contributed by atoms with Crippen molar-refractivity contribution in [3.05, 3.63) is 36.2 Å². The monoisotopic (exact) mass is 300 g/mol. The molecule has 0 fully saturated rings. The first-order chi connectivity index (χ1) is 10.8. The van der Waals surface area contributed by atoms with E-state index in [4.69, 9.17) is 9.15 Å². The normalized spacial score (nSPS) is 11.2. The van der Waals surface area contributed by atoms with Crippen LogP contribution in [0, 0.1) is 6.92 Å². The number of rotatable bonds is 7. The predicted octanol–water partition coefficient (Wildman–Crippen LogP) is 2.68. The maximum absolute atomic E-state index is 5.70. The topological polar surface area (TPSA) is 64.6 Å². The first-order valence-electron chi connectivity index (χ1n) is 7.53. The molecule has 3 heterocycles. The van der Waals surface area contributed by atoms with E-state index in [0.717, 1.165) is 42.4 Å². The molecule has 3 rings (SSSR count). The molecule has 0 unspecified atom stereocenters. The van der Waals surface area contributed by atoms with Gasteiger partial charge in [-0.3, -0.25) is 0 Å². The van der Waals surface area contributed by atoms with Crippen molar-refractivity contribution in [3.63, 3.8) is 0 Å². The maximum Gasteiger partial charge on any atom is 0.231 e.